The first-order valence-electron chi connectivity index (χ1n) is 5.30. The fourth-order valence-corrected chi connectivity index (χ4v) is 1.76. The van der Waals surface area contributed by atoms with Crippen molar-refractivity contribution in [3.05, 3.63) is 6.07 Å². The molecule has 0 spiro atoms. The van der Waals surface area contributed by atoms with Gasteiger partial charge in [-0.1, -0.05) is 0 Å². The van der Waals surface area contributed by atoms with Crippen molar-refractivity contribution in [1.82, 2.24) is 14.9 Å². The van der Waals surface area contributed by atoms with Crippen LogP contribution in [0.3, 0.4) is 0 Å². The van der Waals surface area contributed by atoms with Crippen molar-refractivity contribution >= 4 is 17.7 Å². The van der Waals surface area contributed by atoms with Crippen molar-refractivity contribution in [3.63, 3.8) is 0 Å². The Labute approximate surface area is 99.0 Å². The Morgan fingerprint density at radius 3 is 2.94 bits per heavy atom. The lowest BCUT2D eigenvalue weighted by molar-refractivity contribution is -0.127. The zero-order valence-corrected chi connectivity index (χ0v) is 9.80. The molecule has 0 bridgehead atoms. The number of nitrogen functional groups attached to an aromatic ring is 1. The summed E-state index contributed by atoms with van der Waals surface area (Å²) in [5, 5.41) is 3.03. The average molecular weight is 237 g/mol. The average Bonchev–Trinajstić information content (AvgIpc) is 2.60. The van der Waals surface area contributed by atoms with E-state index in [0.717, 1.165) is 13.0 Å². The van der Waals surface area contributed by atoms with Gasteiger partial charge in [-0.25, -0.2) is 0 Å². The number of hydrogen-bond donors (Lipinski definition) is 2. The number of likely N-dealkylation sites (tertiary alicyclic amines) is 1. The molecule has 1 aromatic rings. The Morgan fingerprint density at radius 1 is 1.59 bits per heavy atom. The second kappa shape index (κ2) is 4.44. The quantitative estimate of drug-likeness (QED) is 0.750. The van der Waals surface area contributed by atoms with E-state index in [1.54, 1.807) is 18.0 Å². The number of rotatable bonds is 3. The Balaban J connectivity index is 2.13. The molecule has 0 aromatic carbocycles. The second-order valence-electron chi connectivity index (χ2n) is 3.90. The van der Waals surface area contributed by atoms with Crippen LogP contribution >= 0.6 is 0 Å². The summed E-state index contributed by atoms with van der Waals surface area (Å²) < 4.78 is 4.98. The minimum Gasteiger partial charge on any atom is -0.481 e. The third kappa shape index (κ3) is 2.38. The van der Waals surface area contributed by atoms with E-state index in [4.69, 9.17) is 10.5 Å². The van der Waals surface area contributed by atoms with Gasteiger partial charge in [-0.05, 0) is 6.42 Å². The maximum atomic E-state index is 11.7. The van der Waals surface area contributed by atoms with Crippen LogP contribution in [0.25, 0.3) is 0 Å². The lowest BCUT2D eigenvalue weighted by Gasteiger charge is -2.13. The predicted molar refractivity (Wildman–Crippen MR) is 62.7 cm³/mol. The first kappa shape index (κ1) is 11.4. The fraction of sp³-hybridized carbons (Fsp3) is 0.500. The summed E-state index contributed by atoms with van der Waals surface area (Å²) in [5.74, 6) is 1.05. The molecule has 92 valence electrons. The number of anilines is 2. The highest BCUT2D eigenvalue weighted by Gasteiger charge is 2.29. The molecule has 0 saturated carbocycles. The molecule has 2 heterocycles. The number of amides is 1. The number of ether oxygens (including phenoxy) is 1. The van der Waals surface area contributed by atoms with Crippen LogP contribution in [0.2, 0.25) is 0 Å². The topological polar surface area (TPSA) is 93.4 Å². The van der Waals surface area contributed by atoms with E-state index in [2.05, 4.69) is 15.3 Å². The van der Waals surface area contributed by atoms with Gasteiger partial charge in [0.1, 0.15) is 11.9 Å². The van der Waals surface area contributed by atoms with E-state index < -0.39 is 0 Å². The number of aromatic nitrogens is 2. The van der Waals surface area contributed by atoms with Gasteiger partial charge in [0.15, 0.2) is 0 Å². The Bertz CT molecular complexity index is 437. The second-order valence-corrected chi connectivity index (χ2v) is 3.90. The van der Waals surface area contributed by atoms with Crippen molar-refractivity contribution in [2.75, 3.05) is 31.8 Å². The Kier molecular flexibility index (Phi) is 2.99. The number of nitrogens with two attached hydrogens (primary N) is 1. The highest BCUT2D eigenvalue weighted by atomic mass is 16.5. The Hall–Kier alpha value is -2.05. The number of carbonyl (C=O) groups excluding carboxylic acids is 1. The van der Waals surface area contributed by atoms with E-state index in [0.29, 0.717) is 11.7 Å². The molecule has 1 unspecified atom stereocenters. The van der Waals surface area contributed by atoms with Gasteiger partial charge in [-0.2, -0.15) is 9.97 Å². The molecule has 7 nitrogen and oxygen atoms in total. The van der Waals surface area contributed by atoms with Crippen molar-refractivity contribution < 1.29 is 9.53 Å². The molecule has 1 fully saturated rings. The summed E-state index contributed by atoms with van der Waals surface area (Å²) in [4.78, 5) is 21.3. The van der Waals surface area contributed by atoms with Crippen molar-refractivity contribution in [3.8, 4) is 5.88 Å². The largest absolute Gasteiger partial charge is 0.481 e. The zero-order chi connectivity index (χ0) is 12.4. The number of methoxy groups -OCH3 is 1. The maximum absolute atomic E-state index is 11.7. The molecule has 0 aliphatic carbocycles. The minimum atomic E-state index is -0.251. The minimum absolute atomic E-state index is 0.0566. The van der Waals surface area contributed by atoms with Gasteiger partial charge in [0, 0.05) is 19.7 Å². The van der Waals surface area contributed by atoms with Crippen LogP contribution in [0.5, 0.6) is 5.88 Å². The van der Waals surface area contributed by atoms with E-state index in [-0.39, 0.29) is 17.9 Å². The summed E-state index contributed by atoms with van der Waals surface area (Å²) in [5.41, 5.74) is 5.53. The van der Waals surface area contributed by atoms with Crippen molar-refractivity contribution in [2.45, 2.75) is 12.5 Å². The highest BCUT2D eigenvalue weighted by Crippen LogP contribution is 2.18. The van der Waals surface area contributed by atoms with E-state index in [9.17, 15) is 4.79 Å². The number of hydrogen-bond acceptors (Lipinski definition) is 6. The summed E-state index contributed by atoms with van der Waals surface area (Å²) in [6.07, 6.45) is 0.752. The lowest BCUT2D eigenvalue weighted by atomic mass is 10.2. The first-order chi connectivity index (χ1) is 8.10. The molecule has 1 aromatic heterocycles. The smallest absolute Gasteiger partial charge is 0.244 e. The van der Waals surface area contributed by atoms with Crippen molar-refractivity contribution in [1.29, 1.82) is 0 Å². The molecule has 0 radical (unpaired) electrons. The van der Waals surface area contributed by atoms with Crippen LogP contribution < -0.4 is 15.8 Å². The van der Waals surface area contributed by atoms with Gasteiger partial charge in [0.2, 0.25) is 17.7 Å². The Morgan fingerprint density at radius 2 is 2.35 bits per heavy atom. The molecular formula is C10H15N5O2. The predicted octanol–water partition coefficient (Wildman–Crippen LogP) is -0.290. The summed E-state index contributed by atoms with van der Waals surface area (Å²) in [7, 11) is 3.28. The standard InChI is InChI=1S/C10H15N5O2/c1-15-4-3-6(9(15)16)12-7-5-8(17-2)14-10(11)13-7/h5-6H,3-4H2,1-2H3,(H3,11,12,13,14). The van der Waals surface area contributed by atoms with E-state index >= 15 is 0 Å². The van der Waals surface area contributed by atoms with Gasteiger partial charge in [-0.15, -0.1) is 0 Å². The SMILES string of the molecule is COc1cc(NC2CCN(C)C2=O)nc(N)n1. The monoisotopic (exact) mass is 237 g/mol. The van der Waals surface area contributed by atoms with Crippen LogP contribution in [0.4, 0.5) is 11.8 Å². The summed E-state index contributed by atoms with van der Waals surface area (Å²) in [6, 6.07) is 1.36. The van der Waals surface area contributed by atoms with Crippen LogP contribution in [0, 0.1) is 0 Å². The number of nitrogens with zero attached hydrogens (tertiary/aromatic N) is 3. The van der Waals surface area contributed by atoms with Gasteiger partial charge >= 0.3 is 0 Å². The maximum Gasteiger partial charge on any atom is 0.244 e. The van der Waals surface area contributed by atoms with E-state index in [1.807, 2.05) is 0 Å². The molecule has 3 N–H and O–H groups in total. The molecule has 1 aliphatic rings. The number of nitrogens with one attached hydrogen (secondary N) is 1. The van der Waals surface area contributed by atoms with Gasteiger partial charge < -0.3 is 20.7 Å². The molecule has 1 aliphatic heterocycles. The molecule has 7 heteroatoms. The van der Waals surface area contributed by atoms with Crippen molar-refractivity contribution in [2.24, 2.45) is 0 Å². The fourth-order valence-electron chi connectivity index (χ4n) is 1.76. The van der Waals surface area contributed by atoms with Gasteiger partial charge in [0.05, 0.1) is 7.11 Å². The first-order valence-corrected chi connectivity index (χ1v) is 5.30. The third-order valence-corrected chi connectivity index (χ3v) is 2.68. The highest BCUT2D eigenvalue weighted by molar-refractivity contribution is 5.86. The molecular weight excluding hydrogens is 222 g/mol. The lowest BCUT2D eigenvalue weighted by Crippen LogP contribution is -2.31. The molecule has 1 saturated heterocycles. The summed E-state index contributed by atoms with van der Waals surface area (Å²) >= 11 is 0. The summed E-state index contributed by atoms with van der Waals surface area (Å²) in [6.45, 7) is 0.744. The zero-order valence-electron chi connectivity index (χ0n) is 9.80. The normalized spacial score (nSPS) is 19.5. The number of carbonyl (C=O) groups is 1. The van der Waals surface area contributed by atoms with E-state index in [1.165, 1.54) is 7.11 Å². The van der Waals surface area contributed by atoms with Gasteiger partial charge in [-0.3, -0.25) is 4.79 Å². The molecule has 2 rings (SSSR count). The third-order valence-electron chi connectivity index (χ3n) is 2.68. The van der Waals surface area contributed by atoms with Crippen LogP contribution in [0.15, 0.2) is 6.07 Å². The molecule has 17 heavy (non-hydrogen) atoms. The van der Waals surface area contributed by atoms with Crippen LogP contribution in [-0.2, 0) is 4.79 Å². The molecule has 1 amide bonds. The van der Waals surface area contributed by atoms with Crippen LogP contribution in [-0.4, -0.2) is 47.5 Å². The van der Waals surface area contributed by atoms with Gasteiger partial charge in [0.25, 0.3) is 0 Å². The molecule has 1 atom stereocenters. The number of likely N-dealkylation sites (N-methyl/N-ethyl adjacent to an activating group) is 1. The van der Waals surface area contributed by atoms with Crippen LogP contribution in [0.1, 0.15) is 6.42 Å².